The van der Waals surface area contributed by atoms with Crippen molar-refractivity contribution >= 4 is 17.5 Å². The van der Waals surface area contributed by atoms with E-state index in [2.05, 4.69) is 17.2 Å². The summed E-state index contributed by atoms with van der Waals surface area (Å²) in [5, 5.41) is 3.29. The number of halogens is 1. The van der Waals surface area contributed by atoms with Gasteiger partial charge in [-0.25, -0.2) is 0 Å². The highest BCUT2D eigenvalue weighted by atomic mass is 35.5. The van der Waals surface area contributed by atoms with Gasteiger partial charge in [-0.15, -0.1) is 0 Å². The zero-order chi connectivity index (χ0) is 15.0. The van der Waals surface area contributed by atoms with Crippen LogP contribution < -0.4 is 11.1 Å². The maximum absolute atomic E-state index is 12.0. The molecule has 0 aliphatic carbocycles. The van der Waals surface area contributed by atoms with Gasteiger partial charge in [0.05, 0.1) is 18.2 Å². The molecule has 1 aromatic rings. The van der Waals surface area contributed by atoms with Crippen LogP contribution in [-0.2, 0) is 4.74 Å². The van der Waals surface area contributed by atoms with Crippen LogP contribution in [0.25, 0.3) is 0 Å². The number of methoxy groups -OCH3 is 1. The summed E-state index contributed by atoms with van der Waals surface area (Å²) in [5.74, 6) is 5.68. The largest absolute Gasteiger partial charge is 0.384 e. The van der Waals surface area contributed by atoms with Crippen molar-refractivity contribution < 1.29 is 9.53 Å². The van der Waals surface area contributed by atoms with Gasteiger partial charge in [-0.1, -0.05) is 30.4 Å². The summed E-state index contributed by atoms with van der Waals surface area (Å²) in [6.45, 7) is 3.44. The van der Waals surface area contributed by atoms with Gasteiger partial charge in [-0.05, 0) is 24.1 Å². The third-order valence-electron chi connectivity index (χ3n) is 2.62. The molecule has 0 spiro atoms. The Morgan fingerprint density at radius 3 is 2.90 bits per heavy atom. The van der Waals surface area contributed by atoms with Crippen LogP contribution in [0.4, 0.5) is 0 Å². The molecule has 108 valence electrons. The molecule has 1 aromatic carbocycles. The van der Waals surface area contributed by atoms with E-state index < -0.39 is 0 Å². The van der Waals surface area contributed by atoms with E-state index in [9.17, 15) is 4.79 Å². The summed E-state index contributed by atoms with van der Waals surface area (Å²) < 4.78 is 5.02. The van der Waals surface area contributed by atoms with E-state index in [0.29, 0.717) is 29.3 Å². The fraction of sp³-hybridized carbons (Fsp3) is 0.400. The Hall–Kier alpha value is -1.54. The fourth-order valence-corrected chi connectivity index (χ4v) is 1.84. The molecule has 1 atom stereocenters. The lowest BCUT2D eigenvalue weighted by atomic mass is 10.1. The molecule has 0 radical (unpaired) electrons. The number of hydrogen-bond acceptors (Lipinski definition) is 3. The van der Waals surface area contributed by atoms with E-state index in [0.717, 1.165) is 0 Å². The van der Waals surface area contributed by atoms with E-state index in [1.165, 1.54) is 0 Å². The summed E-state index contributed by atoms with van der Waals surface area (Å²) in [5.41, 5.74) is 6.49. The van der Waals surface area contributed by atoms with Crippen LogP contribution in [0, 0.1) is 17.8 Å². The molecule has 3 N–H and O–H groups in total. The van der Waals surface area contributed by atoms with Crippen LogP contribution in [0.3, 0.4) is 0 Å². The Kier molecular flexibility index (Phi) is 7.10. The molecule has 0 bridgehead atoms. The van der Waals surface area contributed by atoms with Crippen LogP contribution in [0.2, 0.25) is 5.02 Å². The maximum atomic E-state index is 12.0. The molecule has 0 saturated carbocycles. The second-order valence-electron chi connectivity index (χ2n) is 4.47. The van der Waals surface area contributed by atoms with E-state index in [4.69, 9.17) is 22.1 Å². The van der Waals surface area contributed by atoms with Crippen molar-refractivity contribution in [2.75, 3.05) is 26.8 Å². The number of ether oxygens (including phenoxy) is 1. The molecule has 0 aliphatic rings. The number of amides is 1. The van der Waals surface area contributed by atoms with Crippen molar-refractivity contribution in [3.8, 4) is 11.8 Å². The molecule has 0 aliphatic heterocycles. The van der Waals surface area contributed by atoms with E-state index in [1.54, 1.807) is 25.3 Å². The van der Waals surface area contributed by atoms with Crippen LogP contribution in [0.5, 0.6) is 0 Å². The molecule has 0 heterocycles. The van der Waals surface area contributed by atoms with Gasteiger partial charge < -0.3 is 15.8 Å². The Morgan fingerprint density at radius 2 is 2.30 bits per heavy atom. The van der Waals surface area contributed by atoms with Gasteiger partial charge >= 0.3 is 0 Å². The molecular formula is C15H19ClN2O2. The van der Waals surface area contributed by atoms with Crippen molar-refractivity contribution in [3.05, 3.63) is 34.3 Å². The molecule has 5 heteroatoms. The molecule has 1 rings (SSSR count). The normalized spacial score (nSPS) is 11.4. The van der Waals surface area contributed by atoms with Crippen molar-refractivity contribution in [2.24, 2.45) is 11.7 Å². The van der Waals surface area contributed by atoms with Crippen LogP contribution in [-0.4, -0.2) is 32.7 Å². The Labute approximate surface area is 124 Å². The van der Waals surface area contributed by atoms with Gasteiger partial charge in [-0.2, -0.15) is 0 Å². The first-order valence-corrected chi connectivity index (χ1v) is 6.72. The number of hydrogen-bond donors (Lipinski definition) is 2. The number of carbonyl (C=O) groups is 1. The number of carbonyl (C=O) groups excluding carboxylic acids is 1. The second-order valence-corrected chi connectivity index (χ2v) is 4.88. The molecule has 0 aromatic heterocycles. The van der Waals surface area contributed by atoms with E-state index in [1.807, 2.05) is 6.92 Å². The molecule has 1 unspecified atom stereocenters. The van der Waals surface area contributed by atoms with Gasteiger partial charge in [0.25, 0.3) is 5.91 Å². The average molecular weight is 295 g/mol. The SMILES string of the molecule is COCC(C)CNC(=O)c1ccc(C#CCN)c(Cl)c1. The molecule has 20 heavy (non-hydrogen) atoms. The lowest BCUT2D eigenvalue weighted by Gasteiger charge is -2.11. The minimum absolute atomic E-state index is 0.159. The smallest absolute Gasteiger partial charge is 0.251 e. The quantitative estimate of drug-likeness (QED) is 0.812. The Bertz CT molecular complexity index is 520. The zero-order valence-corrected chi connectivity index (χ0v) is 12.5. The molecule has 0 fully saturated rings. The first-order valence-electron chi connectivity index (χ1n) is 6.34. The van der Waals surface area contributed by atoms with Crippen molar-refractivity contribution in [1.29, 1.82) is 0 Å². The van der Waals surface area contributed by atoms with Crippen molar-refractivity contribution in [1.82, 2.24) is 5.32 Å². The van der Waals surface area contributed by atoms with Gasteiger partial charge in [0.15, 0.2) is 0 Å². The predicted octanol–water partition coefficient (Wildman–Crippen LogP) is 1.66. The van der Waals surface area contributed by atoms with Gasteiger partial charge in [-0.3, -0.25) is 4.79 Å². The minimum Gasteiger partial charge on any atom is -0.384 e. The fourth-order valence-electron chi connectivity index (χ4n) is 1.62. The topological polar surface area (TPSA) is 64.3 Å². The third kappa shape index (κ3) is 5.22. The lowest BCUT2D eigenvalue weighted by molar-refractivity contribution is 0.0934. The van der Waals surface area contributed by atoms with Crippen LogP contribution >= 0.6 is 11.6 Å². The molecule has 4 nitrogen and oxygen atoms in total. The Morgan fingerprint density at radius 1 is 1.55 bits per heavy atom. The van der Waals surface area contributed by atoms with Crippen LogP contribution in [0.1, 0.15) is 22.8 Å². The highest BCUT2D eigenvalue weighted by Gasteiger charge is 2.09. The van der Waals surface area contributed by atoms with Crippen molar-refractivity contribution in [3.63, 3.8) is 0 Å². The van der Waals surface area contributed by atoms with Gasteiger partial charge in [0, 0.05) is 24.8 Å². The number of nitrogens with two attached hydrogens (primary N) is 1. The predicted molar refractivity (Wildman–Crippen MR) is 80.8 cm³/mol. The first kappa shape index (κ1) is 16.5. The third-order valence-corrected chi connectivity index (χ3v) is 2.93. The highest BCUT2D eigenvalue weighted by Crippen LogP contribution is 2.17. The van der Waals surface area contributed by atoms with Crippen LogP contribution in [0.15, 0.2) is 18.2 Å². The molecular weight excluding hydrogens is 276 g/mol. The van der Waals surface area contributed by atoms with Gasteiger partial charge in [0.2, 0.25) is 0 Å². The highest BCUT2D eigenvalue weighted by molar-refractivity contribution is 6.32. The summed E-state index contributed by atoms with van der Waals surface area (Å²) >= 11 is 6.08. The zero-order valence-electron chi connectivity index (χ0n) is 11.7. The standard InChI is InChI=1S/C15H19ClN2O2/c1-11(10-20-2)9-18-15(19)13-6-5-12(4-3-7-17)14(16)8-13/h5-6,8,11H,7,9-10,17H2,1-2H3,(H,18,19). The van der Waals surface area contributed by atoms with Crippen molar-refractivity contribution in [2.45, 2.75) is 6.92 Å². The minimum atomic E-state index is -0.159. The maximum Gasteiger partial charge on any atom is 0.251 e. The monoisotopic (exact) mass is 294 g/mol. The number of rotatable bonds is 5. The summed E-state index contributed by atoms with van der Waals surface area (Å²) in [6.07, 6.45) is 0. The molecule has 1 amide bonds. The first-order chi connectivity index (χ1) is 9.58. The summed E-state index contributed by atoms with van der Waals surface area (Å²) in [7, 11) is 1.64. The number of nitrogens with one attached hydrogen (secondary N) is 1. The lowest BCUT2D eigenvalue weighted by Crippen LogP contribution is -2.29. The summed E-state index contributed by atoms with van der Waals surface area (Å²) in [4.78, 5) is 12.0. The summed E-state index contributed by atoms with van der Waals surface area (Å²) in [6, 6.07) is 5.03. The van der Waals surface area contributed by atoms with E-state index in [-0.39, 0.29) is 18.4 Å². The Balaban J connectivity index is 2.68. The van der Waals surface area contributed by atoms with Gasteiger partial charge in [0.1, 0.15) is 0 Å². The molecule has 0 saturated heterocycles. The number of benzene rings is 1. The second kappa shape index (κ2) is 8.60. The average Bonchev–Trinajstić information content (AvgIpc) is 2.43. The van der Waals surface area contributed by atoms with E-state index >= 15 is 0 Å².